The highest BCUT2D eigenvalue weighted by molar-refractivity contribution is 5.76. The van der Waals surface area contributed by atoms with E-state index >= 15 is 0 Å². The van der Waals surface area contributed by atoms with Crippen LogP contribution in [0.5, 0.6) is 0 Å². The lowest BCUT2D eigenvalue weighted by Crippen LogP contribution is -2.45. The van der Waals surface area contributed by atoms with Gasteiger partial charge in [-0.25, -0.2) is 0 Å². The Kier molecular flexibility index (Phi) is 3.75. The largest absolute Gasteiger partial charge is 0.468 e. The molecule has 1 atom stereocenters. The summed E-state index contributed by atoms with van der Waals surface area (Å²) in [7, 11) is 1.43. The van der Waals surface area contributed by atoms with E-state index in [9.17, 15) is 4.79 Å². The number of benzene rings is 1. The number of nitrogens with zero attached hydrogens (tertiary/aromatic N) is 2. The fraction of sp³-hybridized carbons (Fsp3) is 0.375. The van der Waals surface area contributed by atoms with Gasteiger partial charge in [0.25, 0.3) is 0 Å². The number of methoxy groups -OCH3 is 1. The lowest BCUT2D eigenvalue weighted by Gasteiger charge is -2.34. The normalized spacial score (nSPS) is 18.3. The van der Waals surface area contributed by atoms with Gasteiger partial charge in [-0.05, 0) is 24.5 Å². The van der Waals surface area contributed by atoms with Gasteiger partial charge in [0.05, 0.1) is 19.3 Å². The zero-order valence-corrected chi connectivity index (χ0v) is 12.2. The van der Waals surface area contributed by atoms with Crippen LogP contribution in [0.4, 0.5) is 0 Å². The van der Waals surface area contributed by atoms with Gasteiger partial charge >= 0.3 is 5.97 Å². The van der Waals surface area contributed by atoms with Gasteiger partial charge in [-0.3, -0.25) is 9.69 Å². The zero-order valence-electron chi connectivity index (χ0n) is 12.2. The van der Waals surface area contributed by atoms with Crippen molar-refractivity contribution < 1.29 is 14.1 Å². The number of hydrogen-bond acceptors (Lipinski definition) is 5. The van der Waals surface area contributed by atoms with Crippen LogP contribution in [0.1, 0.15) is 22.6 Å². The number of aryl methyl sites for hydroxylation is 1. The third-order valence-corrected chi connectivity index (χ3v) is 3.85. The van der Waals surface area contributed by atoms with Gasteiger partial charge in [-0.2, -0.15) is 0 Å². The van der Waals surface area contributed by atoms with Crippen LogP contribution in [0.15, 0.2) is 34.9 Å². The topological polar surface area (TPSA) is 55.6 Å². The first kappa shape index (κ1) is 13.8. The van der Waals surface area contributed by atoms with Crippen molar-refractivity contribution in [2.45, 2.75) is 32.5 Å². The lowest BCUT2D eigenvalue weighted by atomic mass is 9.94. The fourth-order valence-electron chi connectivity index (χ4n) is 2.80. The molecule has 3 rings (SSSR count). The molecule has 2 heterocycles. The quantitative estimate of drug-likeness (QED) is 0.809. The van der Waals surface area contributed by atoms with Crippen molar-refractivity contribution in [1.29, 1.82) is 0 Å². The van der Waals surface area contributed by atoms with Gasteiger partial charge in [0.15, 0.2) is 5.76 Å². The van der Waals surface area contributed by atoms with Crippen LogP contribution in [-0.4, -0.2) is 29.2 Å². The first-order chi connectivity index (χ1) is 10.2. The van der Waals surface area contributed by atoms with E-state index in [2.05, 4.69) is 22.2 Å². The Labute approximate surface area is 123 Å². The SMILES string of the molecule is COC(=O)[C@H]1Cc2ccccc2CN1Cc1cc(C)no1. The second-order valence-corrected chi connectivity index (χ2v) is 5.35. The van der Waals surface area contributed by atoms with Gasteiger partial charge in [0, 0.05) is 12.6 Å². The standard InChI is InChI=1S/C16H18N2O3/c1-11-7-14(21-17-11)10-18-9-13-6-4-3-5-12(13)8-15(18)16(19)20-2/h3-7,15H,8-10H2,1-2H3/t15-/m1/s1. The van der Waals surface area contributed by atoms with Crippen LogP contribution in [0.2, 0.25) is 0 Å². The molecule has 0 unspecified atom stereocenters. The van der Waals surface area contributed by atoms with Crippen molar-refractivity contribution >= 4 is 5.97 Å². The van der Waals surface area contributed by atoms with E-state index in [-0.39, 0.29) is 12.0 Å². The summed E-state index contributed by atoms with van der Waals surface area (Å²) in [5.41, 5.74) is 3.30. The molecule has 2 aromatic rings. The monoisotopic (exact) mass is 286 g/mol. The summed E-state index contributed by atoms with van der Waals surface area (Å²) in [5, 5.41) is 3.90. The van der Waals surface area contributed by atoms with Gasteiger partial charge in [-0.1, -0.05) is 29.4 Å². The molecule has 0 aliphatic carbocycles. The molecule has 1 aliphatic heterocycles. The highest BCUT2D eigenvalue weighted by Crippen LogP contribution is 2.25. The summed E-state index contributed by atoms with van der Waals surface area (Å²) in [5.74, 6) is 0.557. The first-order valence-corrected chi connectivity index (χ1v) is 6.98. The smallest absolute Gasteiger partial charge is 0.323 e. The Morgan fingerprint density at radius 2 is 2.19 bits per heavy atom. The molecule has 1 aliphatic rings. The average molecular weight is 286 g/mol. The minimum atomic E-state index is -0.282. The minimum Gasteiger partial charge on any atom is -0.468 e. The molecule has 0 saturated heterocycles. The molecule has 0 bridgehead atoms. The summed E-state index contributed by atoms with van der Waals surface area (Å²) < 4.78 is 10.2. The predicted octanol–water partition coefficient (Wildman–Crippen LogP) is 2.08. The van der Waals surface area contributed by atoms with Crippen molar-refractivity contribution in [3.8, 4) is 0 Å². The molecule has 110 valence electrons. The molecule has 5 heteroatoms. The van der Waals surface area contributed by atoms with Crippen molar-refractivity contribution in [2.75, 3.05) is 7.11 Å². The molecule has 0 amide bonds. The molecule has 21 heavy (non-hydrogen) atoms. The molecule has 0 spiro atoms. The van der Waals surface area contributed by atoms with Crippen LogP contribution in [0.25, 0.3) is 0 Å². The zero-order chi connectivity index (χ0) is 14.8. The van der Waals surface area contributed by atoms with Crippen molar-refractivity contribution in [1.82, 2.24) is 10.1 Å². The molecular weight excluding hydrogens is 268 g/mol. The third kappa shape index (κ3) is 2.83. The maximum absolute atomic E-state index is 12.1. The molecule has 1 aromatic carbocycles. The number of carbonyl (C=O) groups is 1. The van der Waals surface area contributed by atoms with E-state index in [1.54, 1.807) is 0 Å². The Hall–Kier alpha value is -2.14. The van der Waals surface area contributed by atoms with E-state index in [1.165, 1.54) is 18.2 Å². The van der Waals surface area contributed by atoms with E-state index in [4.69, 9.17) is 9.26 Å². The molecule has 1 aromatic heterocycles. The molecule has 0 saturated carbocycles. The Balaban J connectivity index is 1.87. The van der Waals surface area contributed by atoms with Crippen LogP contribution in [0.3, 0.4) is 0 Å². The summed E-state index contributed by atoms with van der Waals surface area (Å²) in [6.07, 6.45) is 0.663. The second kappa shape index (κ2) is 5.69. The number of aromatic nitrogens is 1. The fourth-order valence-corrected chi connectivity index (χ4v) is 2.80. The number of hydrogen-bond donors (Lipinski definition) is 0. The second-order valence-electron chi connectivity index (χ2n) is 5.35. The summed E-state index contributed by atoms with van der Waals surface area (Å²) in [6, 6.07) is 9.81. The highest BCUT2D eigenvalue weighted by atomic mass is 16.5. The average Bonchev–Trinajstić information content (AvgIpc) is 2.91. The van der Waals surface area contributed by atoms with Gasteiger partial charge in [0.1, 0.15) is 6.04 Å². The van der Waals surface area contributed by atoms with Crippen LogP contribution < -0.4 is 0 Å². The van der Waals surface area contributed by atoms with Crippen molar-refractivity contribution in [3.63, 3.8) is 0 Å². The van der Waals surface area contributed by atoms with E-state index in [1.807, 2.05) is 25.1 Å². The Morgan fingerprint density at radius 1 is 1.43 bits per heavy atom. The number of ether oxygens (including phenoxy) is 1. The summed E-state index contributed by atoms with van der Waals surface area (Å²) >= 11 is 0. The third-order valence-electron chi connectivity index (χ3n) is 3.85. The number of rotatable bonds is 3. The van der Waals surface area contributed by atoms with E-state index < -0.39 is 0 Å². The van der Waals surface area contributed by atoms with Gasteiger partial charge in [-0.15, -0.1) is 0 Å². The highest BCUT2D eigenvalue weighted by Gasteiger charge is 2.32. The Morgan fingerprint density at radius 3 is 2.86 bits per heavy atom. The molecule has 0 radical (unpaired) electrons. The van der Waals surface area contributed by atoms with Gasteiger partial charge < -0.3 is 9.26 Å². The van der Waals surface area contributed by atoms with Gasteiger partial charge in [0.2, 0.25) is 0 Å². The van der Waals surface area contributed by atoms with Crippen molar-refractivity contribution in [3.05, 3.63) is 52.9 Å². The maximum Gasteiger partial charge on any atom is 0.323 e. The number of fused-ring (bicyclic) bond motifs is 1. The van der Waals surface area contributed by atoms with Crippen molar-refractivity contribution in [2.24, 2.45) is 0 Å². The number of esters is 1. The predicted molar refractivity (Wildman–Crippen MR) is 76.4 cm³/mol. The van der Waals surface area contributed by atoms with Crippen LogP contribution >= 0.6 is 0 Å². The summed E-state index contributed by atoms with van der Waals surface area (Å²) in [4.78, 5) is 14.1. The van der Waals surface area contributed by atoms with Crippen LogP contribution in [0, 0.1) is 6.92 Å². The molecule has 5 nitrogen and oxygen atoms in total. The lowest BCUT2D eigenvalue weighted by molar-refractivity contribution is -0.148. The van der Waals surface area contributed by atoms with E-state index in [0.29, 0.717) is 19.5 Å². The summed E-state index contributed by atoms with van der Waals surface area (Å²) in [6.45, 7) is 3.14. The molecular formula is C16H18N2O3. The van der Waals surface area contributed by atoms with E-state index in [0.717, 1.165) is 11.5 Å². The molecule has 0 fully saturated rings. The first-order valence-electron chi connectivity index (χ1n) is 6.98. The minimum absolute atomic E-state index is 0.208. The Bertz CT molecular complexity index is 650. The molecule has 0 N–H and O–H groups in total. The maximum atomic E-state index is 12.1. The van der Waals surface area contributed by atoms with Crippen LogP contribution in [-0.2, 0) is 29.0 Å². The number of carbonyl (C=O) groups excluding carboxylic acids is 1.